The van der Waals surface area contributed by atoms with Crippen molar-refractivity contribution < 1.29 is 14.6 Å². The van der Waals surface area contributed by atoms with E-state index in [1.54, 1.807) is 14.2 Å². The van der Waals surface area contributed by atoms with Gasteiger partial charge in [-0.05, 0) is 47.6 Å². The molecule has 0 saturated carbocycles. The first kappa shape index (κ1) is 16.2. The van der Waals surface area contributed by atoms with Crippen LogP contribution in [0, 0.1) is 5.92 Å². The van der Waals surface area contributed by atoms with Crippen molar-refractivity contribution in [2.24, 2.45) is 5.92 Å². The Kier molecular flexibility index (Phi) is 4.53. The molecular formula is C19H27NO3. The molecule has 4 heteroatoms. The van der Waals surface area contributed by atoms with Crippen molar-refractivity contribution >= 4 is 0 Å². The van der Waals surface area contributed by atoms with Crippen molar-refractivity contribution in [1.82, 2.24) is 4.90 Å². The Balaban J connectivity index is 1.95. The zero-order valence-corrected chi connectivity index (χ0v) is 14.5. The molecule has 126 valence electrons. The fourth-order valence-corrected chi connectivity index (χ4v) is 3.79. The van der Waals surface area contributed by atoms with Crippen LogP contribution in [-0.2, 0) is 6.42 Å². The third-order valence-corrected chi connectivity index (χ3v) is 4.89. The van der Waals surface area contributed by atoms with E-state index >= 15 is 0 Å². The summed E-state index contributed by atoms with van der Waals surface area (Å²) in [5, 5.41) is 10.6. The van der Waals surface area contributed by atoms with Gasteiger partial charge in [0.25, 0.3) is 0 Å². The number of benzene rings is 1. The third kappa shape index (κ3) is 3.05. The molecule has 3 rings (SSSR count). The average molecular weight is 317 g/mol. The second-order valence-electron chi connectivity index (χ2n) is 6.96. The molecule has 1 aromatic rings. The zero-order chi connectivity index (χ0) is 16.6. The maximum absolute atomic E-state index is 10.6. The molecule has 0 aliphatic carbocycles. The summed E-state index contributed by atoms with van der Waals surface area (Å²) >= 11 is 0. The number of hydrogen-bond donors (Lipinski definition) is 1. The predicted molar refractivity (Wildman–Crippen MR) is 90.9 cm³/mol. The van der Waals surface area contributed by atoms with E-state index in [0.717, 1.165) is 37.3 Å². The lowest BCUT2D eigenvalue weighted by Crippen LogP contribution is -2.38. The fourth-order valence-electron chi connectivity index (χ4n) is 3.79. The van der Waals surface area contributed by atoms with E-state index in [9.17, 15) is 5.11 Å². The smallest absolute Gasteiger partial charge is 0.161 e. The summed E-state index contributed by atoms with van der Waals surface area (Å²) < 4.78 is 10.9. The SMILES string of the molecule is COc1cc2c(cc1OC)[C@H]1CC(O)C(CC(C)C)=CN1CC2. The molecule has 2 aliphatic heterocycles. The van der Waals surface area contributed by atoms with Crippen molar-refractivity contribution in [3.8, 4) is 11.5 Å². The van der Waals surface area contributed by atoms with Gasteiger partial charge in [0.05, 0.1) is 26.4 Å². The molecule has 2 aliphatic rings. The minimum Gasteiger partial charge on any atom is -0.493 e. The van der Waals surface area contributed by atoms with Gasteiger partial charge in [0, 0.05) is 19.2 Å². The van der Waals surface area contributed by atoms with Gasteiger partial charge in [0.1, 0.15) is 0 Å². The lowest BCUT2D eigenvalue weighted by Gasteiger charge is -2.42. The van der Waals surface area contributed by atoms with Gasteiger partial charge in [0.15, 0.2) is 11.5 Å². The molecule has 1 aromatic carbocycles. The Bertz CT molecular complexity index is 609. The maximum atomic E-state index is 10.6. The second kappa shape index (κ2) is 6.44. The van der Waals surface area contributed by atoms with Crippen molar-refractivity contribution in [3.05, 3.63) is 35.0 Å². The van der Waals surface area contributed by atoms with Gasteiger partial charge in [-0.25, -0.2) is 0 Å². The van der Waals surface area contributed by atoms with Crippen LogP contribution in [0.1, 0.15) is 43.9 Å². The Morgan fingerprint density at radius 2 is 1.91 bits per heavy atom. The number of hydrogen-bond acceptors (Lipinski definition) is 4. The lowest BCUT2D eigenvalue weighted by molar-refractivity contribution is 0.114. The summed E-state index contributed by atoms with van der Waals surface area (Å²) in [6.45, 7) is 5.38. The minimum atomic E-state index is -0.349. The minimum absolute atomic E-state index is 0.226. The lowest BCUT2D eigenvalue weighted by atomic mass is 9.83. The molecule has 1 N–H and O–H groups in total. The van der Waals surface area contributed by atoms with Crippen molar-refractivity contribution in [2.75, 3.05) is 20.8 Å². The molecule has 4 nitrogen and oxygen atoms in total. The van der Waals surface area contributed by atoms with Crippen molar-refractivity contribution in [1.29, 1.82) is 0 Å². The summed E-state index contributed by atoms with van der Waals surface area (Å²) in [7, 11) is 3.34. The number of nitrogens with zero attached hydrogens (tertiary/aromatic N) is 1. The average Bonchev–Trinajstić information content (AvgIpc) is 2.53. The summed E-state index contributed by atoms with van der Waals surface area (Å²) in [5.74, 6) is 2.11. The fraction of sp³-hybridized carbons (Fsp3) is 0.579. The van der Waals surface area contributed by atoms with E-state index in [0.29, 0.717) is 5.92 Å². The number of methoxy groups -OCH3 is 2. The number of aliphatic hydroxyl groups is 1. The van der Waals surface area contributed by atoms with E-state index < -0.39 is 0 Å². The van der Waals surface area contributed by atoms with Gasteiger partial charge in [0.2, 0.25) is 0 Å². The topological polar surface area (TPSA) is 41.9 Å². The number of ether oxygens (including phenoxy) is 2. The Hall–Kier alpha value is -1.68. The molecule has 2 atom stereocenters. The first-order valence-electron chi connectivity index (χ1n) is 8.42. The molecule has 0 radical (unpaired) electrons. The van der Waals surface area contributed by atoms with Crippen LogP contribution in [0.5, 0.6) is 11.5 Å². The van der Waals surface area contributed by atoms with E-state index in [2.05, 4.69) is 37.1 Å². The Labute approximate surface area is 138 Å². The first-order chi connectivity index (χ1) is 11.0. The van der Waals surface area contributed by atoms with E-state index in [1.165, 1.54) is 16.7 Å². The van der Waals surface area contributed by atoms with Crippen LogP contribution in [0.15, 0.2) is 23.9 Å². The highest BCUT2D eigenvalue weighted by Gasteiger charge is 2.33. The van der Waals surface area contributed by atoms with Crippen LogP contribution < -0.4 is 9.47 Å². The standard InChI is InChI=1S/C19H27NO3/c1-12(2)7-14-11-20-6-5-13-8-18(22-3)19(23-4)9-15(13)16(20)10-17(14)21/h8-9,11-12,16-17,21H,5-7,10H2,1-4H3/t16-,17?/m1/s1. The molecule has 2 heterocycles. The van der Waals surface area contributed by atoms with Crippen LogP contribution >= 0.6 is 0 Å². The first-order valence-corrected chi connectivity index (χ1v) is 8.42. The van der Waals surface area contributed by atoms with Gasteiger partial charge in [-0.1, -0.05) is 13.8 Å². The Morgan fingerprint density at radius 1 is 1.22 bits per heavy atom. The normalized spacial score (nSPS) is 23.2. The third-order valence-electron chi connectivity index (χ3n) is 4.89. The van der Waals surface area contributed by atoms with Crippen LogP contribution in [0.25, 0.3) is 0 Å². The molecule has 0 bridgehead atoms. The largest absolute Gasteiger partial charge is 0.493 e. The van der Waals surface area contributed by atoms with Crippen LogP contribution in [-0.4, -0.2) is 36.9 Å². The molecule has 0 amide bonds. The molecule has 0 fully saturated rings. The zero-order valence-electron chi connectivity index (χ0n) is 14.5. The van der Waals surface area contributed by atoms with Crippen molar-refractivity contribution in [3.63, 3.8) is 0 Å². The van der Waals surface area contributed by atoms with E-state index in [1.807, 2.05) is 0 Å². The van der Waals surface area contributed by atoms with Crippen LogP contribution in [0.4, 0.5) is 0 Å². The molecule has 1 unspecified atom stereocenters. The molecule has 0 aromatic heterocycles. The predicted octanol–water partition coefficient (Wildman–Crippen LogP) is 3.30. The number of fused-ring (bicyclic) bond motifs is 3. The Morgan fingerprint density at radius 3 is 2.57 bits per heavy atom. The number of rotatable bonds is 4. The number of aliphatic hydroxyl groups excluding tert-OH is 1. The van der Waals surface area contributed by atoms with E-state index in [4.69, 9.17) is 9.47 Å². The van der Waals surface area contributed by atoms with Crippen LogP contribution in [0.2, 0.25) is 0 Å². The maximum Gasteiger partial charge on any atom is 0.161 e. The van der Waals surface area contributed by atoms with E-state index in [-0.39, 0.29) is 12.1 Å². The molecular weight excluding hydrogens is 290 g/mol. The highest BCUT2D eigenvalue weighted by atomic mass is 16.5. The van der Waals surface area contributed by atoms with Gasteiger partial charge in [-0.2, -0.15) is 0 Å². The monoisotopic (exact) mass is 317 g/mol. The highest BCUT2D eigenvalue weighted by Crippen LogP contribution is 2.43. The second-order valence-corrected chi connectivity index (χ2v) is 6.96. The summed E-state index contributed by atoms with van der Waals surface area (Å²) in [5.41, 5.74) is 3.73. The summed E-state index contributed by atoms with van der Waals surface area (Å²) in [6.07, 6.45) is 4.55. The van der Waals surface area contributed by atoms with Gasteiger partial charge >= 0.3 is 0 Å². The molecule has 0 spiro atoms. The summed E-state index contributed by atoms with van der Waals surface area (Å²) in [6, 6.07) is 4.40. The summed E-state index contributed by atoms with van der Waals surface area (Å²) in [4.78, 5) is 2.39. The van der Waals surface area contributed by atoms with Gasteiger partial charge in [-0.15, -0.1) is 0 Å². The van der Waals surface area contributed by atoms with Crippen molar-refractivity contribution in [2.45, 2.75) is 45.3 Å². The molecule has 0 saturated heterocycles. The quantitative estimate of drug-likeness (QED) is 0.925. The van der Waals surface area contributed by atoms with Gasteiger partial charge in [-0.3, -0.25) is 0 Å². The molecule has 23 heavy (non-hydrogen) atoms. The van der Waals surface area contributed by atoms with Gasteiger partial charge < -0.3 is 19.5 Å². The van der Waals surface area contributed by atoms with Crippen LogP contribution in [0.3, 0.4) is 0 Å². The highest BCUT2D eigenvalue weighted by molar-refractivity contribution is 5.50.